The van der Waals surface area contributed by atoms with Crippen molar-refractivity contribution in [2.24, 2.45) is 0 Å². The number of aromatic amines is 1. The van der Waals surface area contributed by atoms with Crippen molar-refractivity contribution >= 4 is 21.8 Å². The summed E-state index contributed by atoms with van der Waals surface area (Å²) in [5.41, 5.74) is 6.03. The van der Waals surface area contributed by atoms with Gasteiger partial charge in [0.2, 0.25) is 0 Å². The van der Waals surface area contributed by atoms with E-state index in [9.17, 15) is 4.39 Å². The number of halogens is 1. The van der Waals surface area contributed by atoms with Crippen LogP contribution in [0, 0.1) is 19.7 Å². The SMILES string of the molecule is Cc1cc(-n2c(C(C)C)cc3cc4[nH]nc(C)c4cc32)ccc1F. The van der Waals surface area contributed by atoms with Gasteiger partial charge in [-0.3, -0.25) is 5.10 Å². The molecule has 4 rings (SSSR count). The van der Waals surface area contributed by atoms with Gasteiger partial charge in [-0.05, 0) is 61.7 Å². The fourth-order valence-corrected chi connectivity index (χ4v) is 3.35. The molecule has 24 heavy (non-hydrogen) atoms. The van der Waals surface area contributed by atoms with Gasteiger partial charge in [0.25, 0.3) is 0 Å². The third kappa shape index (κ3) is 2.13. The van der Waals surface area contributed by atoms with E-state index in [2.05, 4.69) is 46.8 Å². The molecule has 2 aromatic carbocycles. The summed E-state index contributed by atoms with van der Waals surface area (Å²) < 4.78 is 15.9. The van der Waals surface area contributed by atoms with Crippen LogP contribution in [0.1, 0.15) is 36.7 Å². The van der Waals surface area contributed by atoms with Crippen LogP contribution < -0.4 is 0 Å². The summed E-state index contributed by atoms with van der Waals surface area (Å²) in [6.45, 7) is 8.17. The van der Waals surface area contributed by atoms with Gasteiger partial charge in [0.15, 0.2) is 0 Å². The average molecular weight is 321 g/mol. The first-order chi connectivity index (χ1) is 11.5. The van der Waals surface area contributed by atoms with Crippen LogP contribution in [0.3, 0.4) is 0 Å². The standard InChI is InChI=1S/C20H20FN3/c1-11(2)19-9-14-8-18-16(13(4)22-23-18)10-20(14)24(19)15-5-6-17(21)12(3)7-15/h5-11H,1-4H3,(H,22,23). The first kappa shape index (κ1) is 14.9. The van der Waals surface area contributed by atoms with Crippen LogP contribution in [0.5, 0.6) is 0 Å². The highest BCUT2D eigenvalue weighted by molar-refractivity contribution is 5.97. The Kier molecular flexibility index (Phi) is 3.23. The zero-order valence-electron chi connectivity index (χ0n) is 14.3. The molecule has 0 unspecified atom stereocenters. The Balaban J connectivity index is 2.10. The van der Waals surface area contributed by atoms with E-state index >= 15 is 0 Å². The molecular weight excluding hydrogens is 301 g/mol. The second-order valence-electron chi connectivity index (χ2n) is 6.76. The summed E-state index contributed by atoms with van der Waals surface area (Å²) in [4.78, 5) is 0. The molecule has 4 heteroatoms. The summed E-state index contributed by atoms with van der Waals surface area (Å²) >= 11 is 0. The van der Waals surface area contributed by atoms with Crippen LogP contribution in [0.25, 0.3) is 27.5 Å². The molecular formula is C20H20FN3. The van der Waals surface area contributed by atoms with Crippen molar-refractivity contribution in [2.45, 2.75) is 33.6 Å². The lowest BCUT2D eigenvalue weighted by Gasteiger charge is -2.14. The van der Waals surface area contributed by atoms with Crippen LogP contribution in [0.2, 0.25) is 0 Å². The van der Waals surface area contributed by atoms with E-state index < -0.39 is 0 Å². The maximum Gasteiger partial charge on any atom is 0.126 e. The van der Waals surface area contributed by atoms with Crippen molar-refractivity contribution in [3.8, 4) is 5.69 Å². The van der Waals surface area contributed by atoms with Crippen molar-refractivity contribution in [1.82, 2.24) is 14.8 Å². The quantitative estimate of drug-likeness (QED) is 0.528. The molecule has 122 valence electrons. The highest BCUT2D eigenvalue weighted by Gasteiger charge is 2.16. The highest BCUT2D eigenvalue weighted by Crippen LogP contribution is 2.32. The summed E-state index contributed by atoms with van der Waals surface area (Å²) in [6.07, 6.45) is 0. The minimum atomic E-state index is -0.172. The minimum absolute atomic E-state index is 0.172. The van der Waals surface area contributed by atoms with E-state index in [1.54, 1.807) is 13.0 Å². The number of fused-ring (bicyclic) bond motifs is 2. The molecule has 1 N–H and O–H groups in total. The zero-order valence-corrected chi connectivity index (χ0v) is 14.3. The molecule has 0 aliphatic rings. The average Bonchev–Trinajstić information content (AvgIpc) is 3.09. The van der Waals surface area contributed by atoms with Crippen molar-refractivity contribution in [1.29, 1.82) is 0 Å². The molecule has 3 nitrogen and oxygen atoms in total. The van der Waals surface area contributed by atoms with Gasteiger partial charge in [-0.25, -0.2) is 4.39 Å². The lowest BCUT2D eigenvalue weighted by molar-refractivity contribution is 0.618. The molecule has 0 fully saturated rings. The molecule has 0 amide bonds. The third-order valence-corrected chi connectivity index (χ3v) is 4.69. The van der Waals surface area contributed by atoms with Gasteiger partial charge in [0.05, 0.1) is 16.7 Å². The molecule has 0 atom stereocenters. The van der Waals surface area contributed by atoms with Crippen molar-refractivity contribution in [3.05, 3.63) is 59.2 Å². The van der Waals surface area contributed by atoms with E-state index in [1.165, 1.54) is 5.69 Å². The van der Waals surface area contributed by atoms with Crippen molar-refractivity contribution < 1.29 is 4.39 Å². The fraction of sp³-hybridized carbons (Fsp3) is 0.250. The number of benzene rings is 2. The third-order valence-electron chi connectivity index (χ3n) is 4.69. The predicted octanol–water partition coefficient (Wildman–Crippen LogP) is 5.39. The van der Waals surface area contributed by atoms with Crippen LogP contribution >= 0.6 is 0 Å². The van der Waals surface area contributed by atoms with E-state index in [-0.39, 0.29) is 5.82 Å². The first-order valence-corrected chi connectivity index (χ1v) is 8.22. The summed E-state index contributed by atoms with van der Waals surface area (Å²) in [5.74, 6) is 0.190. The summed E-state index contributed by atoms with van der Waals surface area (Å²) in [6, 6.07) is 11.8. The molecule has 0 radical (unpaired) electrons. The molecule has 0 saturated carbocycles. The number of rotatable bonds is 2. The van der Waals surface area contributed by atoms with Gasteiger partial charge in [-0.2, -0.15) is 5.10 Å². The maximum atomic E-state index is 13.7. The van der Waals surface area contributed by atoms with Gasteiger partial charge < -0.3 is 4.57 Å². The number of nitrogens with one attached hydrogen (secondary N) is 1. The Bertz CT molecular complexity index is 1070. The van der Waals surface area contributed by atoms with Gasteiger partial charge in [-0.15, -0.1) is 0 Å². The summed E-state index contributed by atoms with van der Waals surface area (Å²) in [5, 5.41) is 9.67. The van der Waals surface area contributed by atoms with Gasteiger partial charge in [0, 0.05) is 22.2 Å². The monoisotopic (exact) mass is 321 g/mol. The molecule has 4 aromatic rings. The largest absolute Gasteiger partial charge is 0.313 e. The number of aromatic nitrogens is 3. The lowest BCUT2D eigenvalue weighted by Crippen LogP contribution is -2.02. The predicted molar refractivity (Wildman–Crippen MR) is 96.4 cm³/mol. The van der Waals surface area contributed by atoms with Crippen molar-refractivity contribution in [3.63, 3.8) is 0 Å². The van der Waals surface area contributed by atoms with Gasteiger partial charge >= 0.3 is 0 Å². The first-order valence-electron chi connectivity index (χ1n) is 8.22. The van der Waals surface area contributed by atoms with E-state index in [0.29, 0.717) is 11.5 Å². The second-order valence-corrected chi connectivity index (χ2v) is 6.76. The van der Waals surface area contributed by atoms with Crippen LogP contribution in [0.15, 0.2) is 36.4 Å². The molecule has 2 aromatic heterocycles. The summed E-state index contributed by atoms with van der Waals surface area (Å²) in [7, 11) is 0. The maximum absolute atomic E-state index is 13.7. The molecule has 0 saturated heterocycles. The molecule has 2 heterocycles. The normalized spacial score (nSPS) is 11.9. The Morgan fingerprint density at radius 3 is 2.58 bits per heavy atom. The Morgan fingerprint density at radius 1 is 1.08 bits per heavy atom. The van der Waals surface area contributed by atoms with Gasteiger partial charge in [0.1, 0.15) is 5.82 Å². The van der Waals surface area contributed by atoms with Crippen LogP contribution in [-0.2, 0) is 0 Å². The topological polar surface area (TPSA) is 33.6 Å². The molecule has 0 aliphatic heterocycles. The number of aryl methyl sites for hydroxylation is 2. The van der Waals surface area contributed by atoms with Gasteiger partial charge in [-0.1, -0.05) is 13.8 Å². The Labute approximate surface area is 140 Å². The van der Waals surface area contributed by atoms with E-state index in [4.69, 9.17) is 0 Å². The zero-order chi connectivity index (χ0) is 17.0. The molecule has 0 aliphatic carbocycles. The smallest absolute Gasteiger partial charge is 0.126 e. The highest BCUT2D eigenvalue weighted by atomic mass is 19.1. The van der Waals surface area contributed by atoms with E-state index in [0.717, 1.165) is 33.2 Å². The Morgan fingerprint density at radius 2 is 1.88 bits per heavy atom. The van der Waals surface area contributed by atoms with Crippen LogP contribution in [0.4, 0.5) is 4.39 Å². The van der Waals surface area contributed by atoms with Crippen LogP contribution in [-0.4, -0.2) is 14.8 Å². The number of nitrogens with zero attached hydrogens (tertiary/aromatic N) is 2. The fourth-order valence-electron chi connectivity index (χ4n) is 3.35. The number of hydrogen-bond donors (Lipinski definition) is 1. The minimum Gasteiger partial charge on any atom is -0.313 e. The molecule has 0 spiro atoms. The lowest BCUT2D eigenvalue weighted by atomic mass is 10.1. The van der Waals surface area contributed by atoms with E-state index in [1.807, 2.05) is 19.1 Å². The van der Waals surface area contributed by atoms with Crippen molar-refractivity contribution in [2.75, 3.05) is 0 Å². The Hall–Kier alpha value is -2.62. The number of H-pyrrole nitrogens is 1. The molecule has 0 bridgehead atoms. The second kappa shape index (κ2) is 5.20. The number of hydrogen-bond acceptors (Lipinski definition) is 1.